The smallest absolute Gasteiger partial charge is 0.339 e. The average Bonchev–Trinajstić information content (AvgIpc) is 2.15. The summed E-state index contributed by atoms with van der Waals surface area (Å²) in [6, 6.07) is 3.06. The highest BCUT2D eigenvalue weighted by Crippen LogP contribution is 2.39. The molecule has 0 aromatic heterocycles. The molecule has 0 saturated carbocycles. The number of hydrogen-bond donors (Lipinski definition) is 2. The summed E-state index contributed by atoms with van der Waals surface area (Å²) >= 11 is 0. The zero-order valence-electron chi connectivity index (χ0n) is 9.87. The largest absolute Gasteiger partial charge is 0.504 e. The first-order valence-corrected chi connectivity index (χ1v) is 4.92. The first-order chi connectivity index (χ1) is 7.29. The van der Waals surface area contributed by atoms with Gasteiger partial charge in [0.25, 0.3) is 0 Å². The zero-order valence-corrected chi connectivity index (χ0v) is 9.87. The second kappa shape index (κ2) is 4.04. The zero-order chi connectivity index (χ0) is 12.5. The summed E-state index contributed by atoms with van der Waals surface area (Å²) in [7, 11) is 1.41. The van der Waals surface area contributed by atoms with Crippen molar-refractivity contribution < 1.29 is 19.7 Å². The molecule has 0 heterocycles. The van der Waals surface area contributed by atoms with Crippen molar-refractivity contribution in [2.24, 2.45) is 0 Å². The van der Waals surface area contributed by atoms with Crippen LogP contribution in [0.5, 0.6) is 11.5 Å². The molecule has 1 aromatic rings. The third-order valence-electron chi connectivity index (χ3n) is 2.37. The molecule has 0 unspecified atom stereocenters. The van der Waals surface area contributed by atoms with Gasteiger partial charge in [-0.15, -0.1) is 0 Å². The van der Waals surface area contributed by atoms with Gasteiger partial charge in [0, 0.05) is 5.56 Å². The number of rotatable bonds is 2. The molecule has 88 valence electrons. The fourth-order valence-electron chi connectivity index (χ4n) is 1.54. The van der Waals surface area contributed by atoms with Crippen molar-refractivity contribution in [3.8, 4) is 11.5 Å². The van der Waals surface area contributed by atoms with Crippen LogP contribution in [-0.4, -0.2) is 23.3 Å². The van der Waals surface area contributed by atoms with E-state index in [-0.39, 0.29) is 22.5 Å². The van der Waals surface area contributed by atoms with E-state index in [1.54, 1.807) is 6.07 Å². The summed E-state index contributed by atoms with van der Waals surface area (Å²) in [5, 5.41) is 18.7. The highest BCUT2D eigenvalue weighted by Gasteiger charge is 2.24. The van der Waals surface area contributed by atoms with Gasteiger partial charge in [-0.2, -0.15) is 0 Å². The molecule has 0 spiro atoms. The number of ether oxygens (including phenoxy) is 1. The van der Waals surface area contributed by atoms with Crippen LogP contribution in [0.15, 0.2) is 12.1 Å². The summed E-state index contributed by atoms with van der Waals surface area (Å²) in [5.74, 6) is -1.26. The first kappa shape index (κ1) is 12.4. The van der Waals surface area contributed by atoms with Gasteiger partial charge in [-0.3, -0.25) is 0 Å². The average molecular weight is 224 g/mol. The predicted molar refractivity (Wildman–Crippen MR) is 60.3 cm³/mol. The Labute approximate surface area is 94.5 Å². The van der Waals surface area contributed by atoms with E-state index in [1.807, 2.05) is 20.8 Å². The van der Waals surface area contributed by atoms with Crippen LogP contribution >= 0.6 is 0 Å². The van der Waals surface area contributed by atoms with Crippen LogP contribution in [0.2, 0.25) is 0 Å². The molecule has 0 atom stereocenters. The topological polar surface area (TPSA) is 66.8 Å². The SMILES string of the molecule is COc1c(C(C)(C)C)ccc(C(=O)O)c1O. The van der Waals surface area contributed by atoms with Gasteiger partial charge < -0.3 is 14.9 Å². The lowest BCUT2D eigenvalue weighted by Crippen LogP contribution is -2.13. The summed E-state index contributed by atoms with van der Waals surface area (Å²) in [5.41, 5.74) is 0.405. The van der Waals surface area contributed by atoms with E-state index in [0.717, 1.165) is 5.56 Å². The number of hydrogen-bond acceptors (Lipinski definition) is 3. The van der Waals surface area contributed by atoms with Gasteiger partial charge in [0.15, 0.2) is 11.5 Å². The molecule has 16 heavy (non-hydrogen) atoms. The molecule has 0 aliphatic carbocycles. The van der Waals surface area contributed by atoms with Crippen LogP contribution in [0.1, 0.15) is 36.7 Å². The summed E-state index contributed by atoms with van der Waals surface area (Å²) < 4.78 is 5.08. The van der Waals surface area contributed by atoms with Gasteiger partial charge >= 0.3 is 5.97 Å². The minimum atomic E-state index is -1.17. The minimum Gasteiger partial charge on any atom is -0.504 e. The molecule has 1 rings (SSSR count). The van der Waals surface area contributed by atoms with Crippen molar-refractivity contribution in [2.75, 3.05) is 7.11 Å². The van der Waals surface area contributed by atoms with E-state index in [0.29, 0.717) is 0 Å². The third kappa shape index (κ3) is 2.10. The maximum absolute atomic E-state index is 10.8. The van der Waals surface area contributed by atoms with Gasteiger partial charge in [0.2, 0.25) is 0 Å². The van der Waals surface area contributed by atoms with Crippen molar-refractivity contribution >= 4 is 5.97 Å². The highest BCUT2D eigenvalue weighted by molar-refractivity contribution is 5.92. The Hall–Kier alpha value is -1.71. The molecule has 0 saturated heterocycles. The van der Waals surface area contributed by atoms with Crippen LogP contribution in [-0.2, 0) is 5.41 Å². The molecule has 4 heteroatoms. The quantitative estimate of drug-likeness (QED) is 0.809. The second-order valence-electron chi connectivity index (χ2n) is 4.60. The fraction of sp³-hybridized carbons (Fsp3) is 0.417. The molecular weight excluding hydrogens is 208 g/mol. The van der Waals surface area contributed by atoms with Crippen molar-refractivity contribution in [3.63, 3.8) is 0 Å². The minimum absolute atomic E-state index is 0.148. The summed E-state index contributed by atoms with van der Waals surface area (Å²) in [6.45, 7) is 5.89. The Kier molecular flexibility index (Phi) is 3.12. The lowest BCUT2D eigenvalue weighted by Gasteiger charge is -2.23. The summed E-state index contributed by atoms with van der Waals surface area (Å²) in [6.07, 6.45) is 0. The van der Waals surface area contributed by atoms with Crippen molar-refractivity contribution in [1.82, 2.24) is 0 Å². The van der Waals surface area contributed by atoms with Crippen LogP contribution in [0.4, 0.5) is 0 Å². The third-order valence-corrected chi connectivity index (χ3v) is 2.37. The number of aromatic hydroxyl groups is 1. The van der Waals surface area contributed by atoms with E-state index in [9.17, 15) is 9.90 Å². The molecule has 0 aliphatic heterocycles. The number of carboxylic acid groups (broad SMARTS) is 1. The molecule has 0 fully saturated rings. The molecule has 0 radical (unpaired) electrons. The van der Waals surface area contributed by atoms with Crippen molar-refractivity contribution in [2.45, 2.75) is 26.2 Å². The Morgan fingerprint density at radius 3 is 2.25 bits per heavy atom. The molecule has 0 aliphatic rings. The van der Waals surface area contributed by atoms with Crippen LogP contribution < -0.4 is 4.74 Å². The molecule has 2 N–H and O–H groups in total. The maximum Gasteiger partial charge on any atom is 0.339 e. The Morgan fingerprint density at radius 2 is 1.88 bits per heavy atom. The monoisotopic (exact) mass is 224 g/mol. The van der Waals surface area contributed by atoms with Crippen LogP contribution in [0.3, 0.4) is 0 Å². The molecule has 1 aromatic carbocycles. The number of methoxy groups -OCH3 is 1. The first-order valence-electron chi connectivity index (χ1n) is 4.92. The molecule has 4 nitrogen and oxygen atoms in total. The number of benzene rings is 1. The van der Waals surface area contributed by atoms with Crippen LogP contribution in [0.25, 0.3) is 0 Å². The van der Waals surface area contributed by atoms with Crippen molar-refractivity contribution in [1.29, 1.82) is 0 Å². The Balaban J connectivity index is 3.47. The maximum atomic E-state index is 10.8. The van der Waals surface area contributed by atoms with E-state index in [2.05, 4.69) is 0 Å². The van der Waals surface area contributed by atoms with E-state index in [4.69, 9.17) is 9.84 Å². The van der Waals surface area contributed by atoms with E-state index in [1.165, 1.54) is 13.2 Å². The molecule has 0 amide bonds. The van der Waals surface area contributed by atoms with Gasteiger partial charge in [0.1, 0.15) is 5.56 Å². The van der Waals surface area contributed by atoms with E-state index < -0.39 is 5.97 Å². The summed E-state index contributed by atoms with van der Waals surface area (Å²) in [4.78, 5) is 10.8. The lowest BCUT2D eigenvalue weighted by molar-refractivity contribution is 0.0693. The Bertz CT molecular complexity index is 416. The van der Waals surface area contributed by atoms with Gasteiger partial charge in [0.05, 0.1) is 7.11 Å². The fourth-order valence-corrected chi connectivity index (χ4v) is 1.54. The molecular formula is C12H16O4. The number of carbonyl (C=O) groups is 1. The molecule has 0 bridgehead atoms. The van der Waals surface area contributed by atoms with E-state index >= 15 is 0 Å². The van der Waals surface area contributed by atoms with Crippen LogP contribution in [0, 0.1) is 0 Å². The number of phenols is 1. The predicted octanol–water partition coefficient (Wildman–Crippen LogP) is 2.40. The Morgan fingerprint density at radius 1 is 1.31 bits per heavy atom. The highest BCUT2D eigenvalue weighted by atomic mass is 16.5. The number of aromatic carboxylic acids is 1. The van der Waals surface area contributed by atoms with Gasteiger partial charge in [-0.25, -0.2) is 4.79 Å². The standard InChI is InChI=1S/C12H16O4/c1-12(2,3)8-6-5-7(11(14)15)9(13)10(8)16-4/h5-6,13H,1-4H3,(H,14,15). The van der Waals surface area contributed by atoms with Crippen molar-refractivity contribution in [3.05, 3.63) is 23.3 Å². The normalized spacial score (nSPS) is 11.2. The number of carboxylic acids is 1. The lowest BCUT2D eigenvalue weighted by atomic mass is 9.85. The van der Waals surface area contributed by atoms with Gasteiger partial charge in [-0.05, 0) is 11.5 Å². The van der Waals surface area contributed by atoms with Gasteiger partial charge in [-0.1, -0.05) is 26.8 Å². The second-order valence-corrected chi connectivity index (χ2v) is 4.60.